The quantitative estimate of drug-likeness (QED) is 0.335. The molecule has 0 aromatic carbocycles. The van der Waals surface area contributed by atoms with E-state index in [4.69, 9.17) is 14.2 Å². The lowest BCUT2D eigenvalue weighted by molar-refractivity contribution is -0.121. The number of hydrogen-bond donors (Lipinski definition) is 0. The minimum atomic E-state index is -0.429. The van der Waals surface area contributed by atoms with E-state index < -0.39 is 6.29 Å². The molecule has 0 bridgehead atoms. The molecule has 0 saturated heterocycles. The minimum absolute atomic E-state index is 0.429. The van der Waals surface area contributed by atoms with Crippen molar-refractivity contribution in [3.8, 4) is 0 Å². The minimum Gasteiger partial charge on any atom is -0.496 e. The van der Waals surface area contributed by atoms with Crippen molar-refractivity contribution in [3.63, 3.8) is 0 Å². The van der Waals surface area contributed by atoms with Crippen LogP contribution in [0.25, 0.3) is 0 Å². The van der Waals surface area contributed by atoms with Gasteiger partial charge in [0.1, 0.15) is 5.76 Å². The molecule has 0 saturated carbocycles. The van der Waals surface area contributed by atoms with E-state index in [1.165, 1.54) is 0 Å². The van der Waals surface area contributed by atoms with Crippen LogP contribution in [0.15, 0.2) is 12.3 Å². The van der Waals surface area contributed by atoms with Gasteiger partial charge in [-0.3, -0.25) is 0 Å². The Labute approximate surface area is 74.3 Å². The van der Waals surface area contributed by atoms with E-state index >= 15 is 0 Å². The maximum atomic E-state index is 5.34. The Kier molecular flexibility index (Phi) is 6.81. The van der Waals surface area contributed by atoms with Crippen LogP contribution in [-0.2, 0) is 14.2 Å². The molecule has 72 valence electrons. The molecule has 0 radical (unpaired) electrons. The fraction of sp³-hybridized carbons (Fsp3) is 0.778. The molecule has 0 amide bonds. The van der Waals surface area contributed by atoms with Gasteiger partial charge in [-0.1, -0.05) is 19.9 Å². The van der Waals surface area contributed by atoms with E-state index in [-0.39, 0.29) is 0 Å². The Hall–Kier alpha value is -0.540. The zero-order valence-electron chi connectivity index (χ0n) is 8.13. The third-order valence-corrected chi connectivity index (χ3v) is 1.51. The van der Waals surface area contributed by atoms with Crippen LogP contribution in [0.5, 0.6) is 0 Å². The summed E-state index contributed by atoms with van der Waals surface area (Å²) < 4.78 is 15.2. The predicted molar refractivity (Wildman–Crippen MR) is 47.8 cm³/mol. The molecule has 1 unspecified atom stereocenters. The highest BCUT2D eigenvalue weighted by atomic mass is 16.7. The lowest BCUT2D eigenvalue weighted by atomic mass is 10.4. The van der Waals surface area contributed by atoms with Crippen LogP contribution < -0.4 is 0 Å². The normalized spacial score (nSPS) is 12.6. The second-order valence-corrected chi connectivity index (χ2v) is 2.46. The van der Waals surface area contributed by atoms with Crippen molar-refractivity contribution < 1.29 is 14.2 Å². The van der Waals surface area contributed by atoms with E-state index in [0.29, 0.717) is 12.4 Å². The molecule has 3 nitrogen and oxygen atoms in total. The SMILES string of the molecule is C=C(OC)C(OC)OCCCC. The van der Waals surface area contributed by atoms with Crippen molar-refractivity contribution in [1.29, 1.82) is 0 Å². The highest BCUT2D eigenvalue weighted by molar-refractivity contribution is 4.86. The first-order valence-corrected chi connectivity index (χ1v) is 4.13. The van der Waals surface area contributed by atoms with E-state index in [1.54, 1.807) is 14.2 Å². The molecule has 0 aromatic heterocycles. The molecule has 0 N–H and O–H groups in total. The lowest BCUT2D eigenvalue weighted by Crippen LogP contribution is -2.19. The first kappa shape index (κ1) is 11.5. The summed E-state index contributed by atoms with van der Waals surface area (Å²) in [5.41, 5.74) is 0. The van der Waals surface area contributed by atoms with Crippen LogP contribution in [0.3, 0.4) is 0 Å². The van der Waals surface area contributed by atoms with Gasteiger partial charge in [-0.2, -0.15) is 0 Å². The molecule has 0 aliphatic heterocycles. The van der Waals surface area contributed by atoms with Crippen molar-refractivity contribution >= 4 is 0 Å². The number of hydrogen-bond acceptors (Lipinski definition) is 3. The zero-order valence-corrected chi connectivity index (χ0v) is 8.13. The number of methoxy groups -OCH3 is 2. The Balaban J connectivity index is 3.60. The van der Waals surface area contributed by atoms with Gasteiger partial charge in [0.15, 0.2) is 0 Å². The molecule has 3 heteroatoms. The average molecular weight is 174 g/mol. The highest BCUT2D eigenvalue weighted by Gasteiger charge is 2.11. The molecule has 0 rings (SSSR count). The van der Waals surface area contributed by atoms with Gasteiger partial charge in [-0.05, 0) is 6.42 Å². The molecule has 0 spiro atoms. The maximum Gasteiger partial charge on any atom is 0.215 e. The van der Waals surface area contributed by atoms with Crippen LogP contribution in [0.2, 0.25) is 0 Å². The van der Waals surface area contributed by atoms with Crippen molar-refractivity contribution in [2.75, 3.05) is 20.8 Å². The third-order valence-electron chi connectivity index (χ3n) is 1.51. The largest absolute Gasteiger partial charge is 0.496 e. The smallest absolute Gasteiger partial charge is 0.215 e. The van der Waals surface area contributed by atoms with E-state index in [0.717, 1.165) is 12.8 Å². The van der Waals surface area contributed by atoms with E-state index in [9.17, 15) is 0 Å². The summed E-state index contributed by atoms with van der Waals surface area (Å²) in [5.74, 6) is 0.508. The summed E-state index contributed by atoms with van der Waals surface area (Å²) in [5, 5.41) is 0. The predicted octanol–water partition coefficient (Wildman–Crippen LogP) is 1.94. The zero-order chi connectivity index (χ0) is 9.40. The second-order valence-electron chi connectivity index (χ2n) is 2.46. The average Bonchev–Trinajstić information content (AvgIpc) is 2.11. The molecular formula is C9H18O3. The van der Waals surface area contributed by atoms with Crippen LogP contribution in [-0.4, -0.2) is 27.1 Å². The molecule has 0 fully saturated rings. The van der Waals surface area contributed by atoms with Crippen LogP contribution in [0, 0.1) is 0 Å². The second kappa shape index (κ2) is 7.13. The van der Waals surface area contributed by atoms with E-state index in [2.05, 4.69) is 13.5 Å². The van der Waals surface area contributed by atoms with Crippen molar-refractivity contribution in [3.05, 3.63) is 12.3 Å². The van der Waals surface area contributed by atoms with Crippen molar-refractivity contribution in [2.24, 2.45) is 0 Å². The summed E-state index contributed by atoms with van der Waals surface area (Å²) >= 11 is 0. The Bertz CT molecular complexity index is 123. The van der Waals surface area contributed by atoms with E-state index in [1.807, 2.05) is 0 Å². The number of unbranched alkanes of at least 4 members (excludes halogenated alkanes) is 1. The standard InChI is InChI=1S/C9H18O3/c1-5-6-7-12-9(11-4)8(2)10-3/h9H,2,5-7H2,1,3-4H3. The van der Waals surface area contributed by atoms with Gasteiger partial charge in [0.25, 0.3) is 0 Å². The van der Waals surface area contributed by atoms with Gasteiger partial charge in [0.2, 0.25) is 6.29 Å². The Morgan fingerprint density at radius 3 is 2.50 bits per heavy atom. The van der Waals surface area contributed by atoms with Crippen LogP contribution in [0.1, 0.15) is 19.8 Å². The van der Waals surface area contributed by atoms with Gasteiger partial charge in [0.05, 0.1) is 13.7 Å². The summed E-state index contributed by atoms with van der Waals surface area (Å²) in [7, 11) is 3.12. The van der Waals surface area contributed by atoms with Gasteiger partial charge in [0, 0.05) is 7.11 Å². The first-order valence-electron chi connectivity index (χ1n) is 4.13. The summed E-state index contributed by atoms with van der Waals surface area (Å²) in [6.07, 6.45) is 1.70. The summed E-state index contributed by atoms with van der Waals surface area (Å²) in [6.45, 7) is 6.44. The third kappa shape index (κ3) is 4.36. The molecular weight excluding hydrogens is 156 g/mol. The maximum absolute atomic E-state index is 5.34. The highest BCUT2D eigenvalue weighted by Crippen LogP contribution is 2.06. The summed E-state index contributed by atoms with van der Waals surface area (Å²) in [4.78, 5) is 0. The summed E-state index contributed by atoms with van der Waals surface area (Å²) in [6, 6.07) is 0. The Morgan fingerprint density at radius 2 is 2.08 bits per heavy atom. The molecule has 0 heterocycles. The first-order chi connectivity index (χ1) is 5.76. The van der Waals surface area contributed by atoms with Crippen molar-refractivity contribution in [2.45, 2.75) is 26.1 Å². The van der Waals surface area contributed by atoms with Gasteiger partial charge >= 0.3 is 0 Å². The number of rotatable bonds is 7. The van der Waals surface area contributed by atoms with Gasteiger partial charge in [-0.15, -0.1) is 0 Å². The molecule has 1 atom stereocenters. The molecule has 12 heavy (non-hydrogen) atoms. The lowest BCUT2D eigenvalue weighted by Gasteiger charge is -2.16. The monoisotopic (exact) mass is 174 g/mol. The Morgan fingerprint density at radius 1 is 1.42 bits per heavy atom. The molecule has 0 aliphatic carbocycles. The topological polar surface area (TPSA) is 27.7 Å². The van der Waals surface area contributed by atoms with Crippen LogP contribution >= 0.6 is 0 Å². The fourth-order valence-corrected chi connectivity index (χ4v) is 0.723. The molecule has 0 aromatic rings. The van der Waals surface area contributed by atoms with Gasteiger partial charge < -0.3 is 14.2 Å². The van der Waals surface area contributed by atoms with Gasteiger partial charge in [-0.25, -0.2) is 0 Å². The number of ether oxygens (including phenoxy) is 3. The fourth-order valence-electron chi connectivity index (χ4n) is 0.723. The van der Waals surface area contributed by atoms with Crippen molar-refractivity contribution in [1.82, 2.24) is 0 Å². The van der Waals surface area contributed by atoms with Crippen LogP contribution in [0.4, 0.5) is 0 Å². The molecule has 0 aliphatic rings.